The van der Waals surface area contributed by atoms with Gasteiger partial charge in [-0.2, -0.15) is 0 Å². The molecule has 0 radical (unpaired) electrons. The van der Waals surface area contributed by atoms with Crippen molar-refractivity contribution in [1.29, 1.82) is 0 Å². The Labute approximate surface area is 142 Å². The fraction of sp³-hybridized carbons (Fsp3) is 0.500. The van der Waals surface area contributed by atoms with Gasteiger partial charge in [-0.1, -0.05) is 13.8 Å². The molecule has 0 spiro atoms. The van der Waals surface area contributed by atoms with Crippen LogP contribution in [0.1, 0.15) is 58.3 Å². The molecule has 0 saturated heterocycles. The lowest BCUT2D eigenvalue weighted by Gasteiger charge is -2.17. The number of imide groups is 1. The molecule has 1 aromatic carbocycles. The summed E-state index contributed by atoms with van der Waals surface area (Å²) in [7, 11) is 1.57. The second-order valence-electron chi connectivity index (χ2n) is 6.37. The molecular formula is C18H24N2O4. The topological polar surface area (TPSA) is 75.7 Å². The molecule has 1 aliphatic rings. The maximum atomic E-state index is 12.4. The number of nitrogens with one attached hydrogen (secondary N) is 1. The SMILES string of the molecule is COCCCN1C(=O)c2ccc(C(=O)N[C@@H](C)C(C)C)cc2C1=O. The van der Waals surface area contributed by atoms with E-state index >= 15 is 0 Å². The number of carbonyl (C=O) groups is 3. The maximum Gasteiger partial charge on any atom is 0.261 e. The molecule has 130 valence electrons. The molecule has 2 rings (SSSR count). The van der Waals surface area contributed by atoms with Gasteiger partial charge in [0.2, 0.25) is 0 Å². The molecule has 0 saturated carbocycles. The van der Waals surface area contributed by atoms with Crippen LogP contribution in [0.15, 0.2) is 18.2 Å². The minimum Gasteiger partial charge on any atom is -0.385 e. The highest BCUT2D eigenvalue weighted by Crippen LogP contribution is 2.24. The quantitative estimate of drug-likeness (QED) is 0.613. The molecule has 6 nitrogen and oxygen atoms in total. The fourth-order valence-corrected chi connectivity index (χ4v) is 2.46. The van der Waals surface area contributed by atoms with Gasteiger partial charge in [-0.25, -0.2) is 0 Å². The third-order valence-corrected chi connectivity index (χ3v) is 4.32. The molecule has 0 aromatic heterocycles. The summed E-state index contributed by atoms with van der Waals surface area (Å²) in [6.07, 6.45) is 0.585. The molecule has 24 heavy (non-hydrogen) atoms. The van der Waals surface area contributed by atoms with Crippen LogP contribution in [0.3, 0.4) is 0 Å². The van der Waals surface area contributed by atoms with Gasteiger partial charge in [0.15, 0.2) is 0 Å². The highest BCUT2D eigenvalue weighted by atomic mass is 16.5. The monoisotopic (exact) mass is 332 g/mol. The lowest BCUT2D eigenvalue weighted by molar-refractivity contribution is 0.0638. The van der Waals surface area contributed by atoms with E-state index in [9.17, 15) is 14.4 Å². The molecule has 1 atom stereocenters. The summed E-state index contributed by atoms with van der Waals surface area (Å²) in [5.41, 5.74) is 1.04. The fourth-order valence-electron chi connectivity index (χ4n) is 2.46. The summed E-state index contributed by atoms with van der Waals surface area (Å²) in [5, 5.41) is 2.90. The van der Waals surface area contributed by atoms with Crippen molar-refractivity contribution in [2.75, 3.05) is 20.3 Å². The zero-order valence-corrected chi connectivity index (χ0v) is 14.6. The van der Waals surface area contributed by atoms with Crippen molar-refractivity contribution in [3.05, 3.63) is 34.9 Å². The minimum atomic E-state index is -0.349. The number of rotatable bonds is 7. The Hall–Kier alpha value is -2.21. The Morgan fingerprint density at radius 3 is 2.46 bits per heavy atom. The van der Waals surface area contributed by atoms with Gasteiger partial charge in [-0.15, -0.1) is 0 Å². The first kappa shape index (κ1) is 18.1. The van der Waals surface area contributed by atoms with Crippen LogP contribution in [0.5, 0.6) is 0 Å². The van der Waals surface area contributed by atoms with Crippen molar-refractivity contribution in [3.8, 4) is 0 Å². The van der Waals surface area contributed by atoms with Crippen molar-refractivity contribution in [1.82, 2.24) is 10.2 Å². The second kappa shape index (κ2) is 7.57. The molecule has 6 heteroatoms. The number of methoxy groups -OCH3 is 1. The van der Waals surface area contributed by atoms with Crippen LogP contribution < -0.4 is 5.32 Å². The normalized spacial score (nSPS) is 15.0. The van der Waals surface area contributed by atoms with Gasteiger partial charge in [0, 0.05) is 31.9 Å². The van der Waals surface area contributed by atoms with Gasteiger partial charge in [-0.05, 0) is 37.5 Å². The molecule has 0 unspecified atom stereocenters. The van der Waals surface area contributed by atoms with Crippen molar-refractivity contribution < 1.29 is 19.1 Å². The predicted molar refractivity (Wildman–Crippen MR) is 90.1 cm³/mol. The first-order valence-electron chi connectivity index (χ1n) is 8.16. The lowest BCUT2D eigenvalue weighted by atomic mass is 10.0. The van der Waals surface area contributed by atoms with Crippen LogP contribution in [0.2, 0.25) is 0 Å². The lowest BCUT2D eigenvalue weighted by Crippen LogP contribution is -2.36. The number of hydrogen-bond acceptors (Lipinski definition) is 4. The first-order valence-corrected chi connectivity index (χ1v) is 8.16. The zero-order valence-electron chi connectivity index (χ0n) is 14.6. The number of amides is 3. The van der Waals surface area contributed by atoms with Crippen LogP contribution in [0.4, 0.5) is 0 Å². The van der Waals surface area contributed by atoms with E-state index in [1.807, 2.05) is 20.8 Å². The third kappa shape index (κ3) is 3.64. The first-order chi connectivity index (χ1) is 11.4. The number of carbonyl (C=O) groups excluding carboxylic acids is 3. The molecule has 1 N–H and O–H groups in total. The van der Waals surface area contributed by atoms with Crippen molar-refractivity contribution in [2.45, 2.75) is 33.2 Å². The van der Waals surface area contributed by atoms with Gasteiger partial charge < -0.3 is 10.1 Å². The van der Waals surface area contributed by atoms with E-state index in [2.05, 4.69) is 5.32 Å². The molecule has 0 fully saturated rings. The summed E-state index contributed by atoms with van der Waals surface area (Å²) in [6, 6.07) is 4.67. The summed E-state index contributed by atoms with van der Waals surface area (Å²) in [6.45, 7) is 6.77. The molecule has 1 aliphatic heterocycles. The van der Waals surface area contributed by atoms with E-state index in [0.717, 1.165) is 0 Å². The van der Waals surface area contributed by atoms with Gasteiger partial charge in [-0.3, -0.25) is 19.3 Å². The average molecular weight is 332 g/mol. The van der Waals surface area contributed by atoms with Crippen LogP contribution in [0.25, 0.3) is 0 Å². The molecule has 1 aromatic rings. The Bertz CT molecular complexity index is 654. The summed E-state index contributed by atoms with van der Waals surface area (Å²) >= 11 is 0. The smallest absolute Gasteiger partial charge is 0.261 e. The average Bonchev–Trinajstić information content (AvgIpc) is 2.79. The Balaban J connectivity index is 2.17. The number of fused-ring (bicyclic) bond motifs is 1. The Kier molecular flexibility index (Phi) is 5.72. The molecule has 0 aliphatic carbocycles. The molecule has 3 amide bonds. The largest absolute Gasteiger partial charge is 0.385 e. The number of ether oxygens (including phenoxy) is 1. The number of benzene rings is 1. The summed E-state index contributed by atoms with van der Waals surface area (Å²) in [5.74, 6) is -0.591. The van der Waals surface area contributed by atoms with Crippen molar-refractivity contribution >= 4 is 17.7 Å². The molecule has 0 bridgehead atoms. The van der Waals surface area contributed by atoms with E-state index in [1.54, 1.807) is 19.2 Å². The minimum absolute atomic E-state index is 0.0219. The maximum absolute atomic E-state index is 12.4. The third-order valence-electron chi connectivity index (χ3n) is 4.32. The van der Waals surface area contributed by atoms with Crippen LogP contribution in [-0.2, 0) is 4.74 Å². The van der Waals surface area contributed by atoms with Gasteiger partial charge >= 0.3 is 0 Å². The number of nitrogens with zero attached hydrogens (tertiary/aromatic N) is 1. The summed E-state index contributed by atoms with van der Waals surface area (Å²) in [4.78, 5) is 38.3. The van der Waals surface area contributed by atoms with Gasteiger partial charge in [0.25, 0.3) is 17.7 Å². The van der Waals surface area contributed by atoms with E-state index in [4.69, 9.17) is 4.74 Å². The highest BCUT2D eigenvalue weighted by Gasteiger charge is 2.35. The van der Waals surface area contributed by atoms with Crippen LogP contribution in [0, 0.1) is 5.92 Å². The molecule has 1 heterocycles. The zero-order chi connectivity index (χ0) is 17.9. The Morgan fingerprint density at radius 2 is 1.83 bits per heavy atom. The summed E-state index contributed by atoms with van der Waals surface area (Å²) < 4.78 is 4.95. The standard InChI is InChI=1S/C18H24N2O4/c1-11(2)12(3)19-16(21)13-6-7-14-15(10-13)18(23)20(17(14)22)8-5-9-24-4/h6-7,10-12H,5,8-9H2,1-4H3,(H,19,21)/t12-/m0/s1. The van der Waals surface area contributed by atoms with E-state index in [-0.39, 0.29) is 23.8 Å². The van der Waals surface area contributed by atoms with Crippen molar-refractivity contribution in [3.63, 3.8) is 0 Å². The van der Waals surface area contributed by atoms with E-state index in [0.29, 0.717) is 42.2 Å². The van der Waals surface area contributed by atoms with Crippen LogP contribution in [-0.4, -0.2) is 48.9 Å². The Morgan fingerprint density at radius 1 is 1.17 bits per heavy atom. The van der Waals surface area contributed by atoms with E-state index < -0.39 is 0 Å². The van der Waals surface area contributed by atoms with Gasteiger partial charge in [0.05, 0.1) is 11.1 Å². The van der Waals surface area contributed by atoms with Gasteiger partial charge in [0.1, 0.15) is 0 Å². The number of hydrogen-bond donors (Lipinski definition) is 1. The molecular weight excluding hydrogens is 308 g/mol. The van der Waals surface area contributed by atoms with Crippen molar-refractivity contribution in [2.24, 2.45) is 5.92 Å². The van der Waals surface area contributed by atoms with Crippen LogP contribution >= 0.6 is 0 Å². The second-order valence-corrected chi connectivity index (χ2v) is 6.37. The highest BCUT2D eigenvalue weighted by molar-refractivity contribution is 6.22. The van der Waals surface area contributed by atoms with E-state index in [1.165, 1.54) is 11.0 Å². The predicted octanol–water partition coefficient (Wildman–Crippen LogP) is 2.09.